The average Bonchev–Trinajstić information content (AvgIpc) is 2.04. The topological polar surface area (TPSA) is 44.2 Å². The van der Waals surface area contributed by atoms with E-state index in [2.05, 4.69) is 0 Å². The molecular formula is C9H14FNO. The Balaban J connectivity index is 0.00000121. The highest BCUT2D eigenvalue weighted by molar-refractivity contribution is 5.21. The summed E-state index contributed by atoms with van der Waals surface area (Å²) >= 11 is 0. The second kappa shape index (κ2) is 5.55. The fourth-order valence-corrected chi connectivity index (χ4v) is 0.751. The number of hydrogen-bond donors (Lipinski definition) is 1. The van der Waals surface area contributed by atoms with Gasteiger partial charge in [-0.3, -0.25) is 0 Å². The Kier molecular flexibility index (Phi) is 5.04. The van der Waals surface area contributed by atoms with Crippen LogP contribution >= 0.6 is 0 Å². The van der Waals surface area contributed by atoms with E-state index in [1.165, 1.54) is 12.1 Å². The first-order chi connectivity index (χ1) is 5.33. The second-order valence-electron chi connectivity index (χ2n) is 2.30. The third-order valence-electron chi connectivity index (χ3n) is 1.29. The molecule has 0 spiro atoms. The Morgan fingerprint density at radius 3 is 2.33 bits per heavy atom. The minimum Gasteiger partial charge on any atom is -0.494 e. The molecule has 68 valence electrons. The molecule has 1 rings (SSSR count). The minimum absolute atomic E-state index is 0. The first kappa shape index (κ1) is 10.9. The van der Waals surface area contributed by atoms with Crippen LogP contribution in [0.1, 0.15) is 13.3 Å². The molecule has 0 saturated heterocycles. The number of hydrogen-bond acceptors (Lipinski definition) is 2. The molecule has 0 aliphatic carbocycles. The summed E-state index contributed by atoms with van der Waals surface area (Å²) in [6, 6.07) is 6.05. The summed E-state index contributed by atoms with van der Waals surface area (Å²) in [5.74, 6) is 0.502. The van der Waals surface area contributed by atoms with Crippen molar-refractivity contribution < 1.29 is 9.13 Å². The quantitative estimate of drug-likeness (QED) is 0.759. The van der Waals surface area contributed by atoms with Gasteiger partial charge < -0.3 is 10.9 Å². The summed E-state index contributed by atoms with van der Waals surface area (Å²) in [6.07, 6.45) is 0.970. The number of rotatable bonds is 3. The lowest BCUT2D eigenvalue weighted by Gasteiger charge is -2.02. The van der Waals surface area contributed by atoms with Crippen molar-refractivity contribution in [2.24, 2.45) is 0 Å². The molecule has 1 aromatic rings. The summed E-state index contributed by atoms with van der Waals surface area (Å²) in [6.45, 7) is 2.72. The Morgan fingerprint density at radius 1 is 1.25 bits per heavy atom. The normalized spacial score (nSPS) is 8.83. The molecule has 0 aromatic heterocycles. The predicted molar refractivity (Wildman–Crippen MR) is 47.2 cm³/mol. The monoisotopic (exact) mass is 171 g/mol. The maximum absolute atomic E-state index is 12.4. The van der Waals surface area contributed by atoms with Gasteiger partial charge in [0.25, 0.3) is 0 Å². The van der Waals surface area contributed by atoms with Crippen LogP contribution in [0.2, 0.25) is 0 Å². The first-order valence-electron chi connectivity index (χ1n) is 3.71. The number of benzene rings is 1. The van der Waals surface area contributed by atoms with Gasteiger partial charge in [-0.15, -0.1) is 0 Å². The lowest BCUT2D eigenvalue weighted by molar-refractivity contribution is 0.317. The third-order valence-corrected chi connectivity index (χ3v) is 1.29. The van der Waals surface area contributed by atoms with Crippen LogP contribution in [0.5, 0.6) is 5.75 Å². The van der Waals surface area contributed by atoms with E-state index < -0.39 is 0 Å². The fraction of sp³-hybridized carbons (Fsp3) is 0.333. The Hall–Kier alpha value is -1.09. The maximum Gasteiger partial charge on any atom is 0.123 e. The van der Waals surface area contributed by atoms with Crippen molar-refractivity contribution in [1.82, 2.24) is 6.15 Å². The molecule has 0 unspecified atom stereocenters. The van der Waals surface area contributed by atoms with Crippen molar-refractivity contribution in [2.75, 3.05) is 6.61 Å². The van der Waals surface area contributed by atoms with Crippen LogP contribution in [0.4, 0.5) is 4.39 Å². The summed E-state index contributed by atoms with van der Waals surface area (Å²) in [5, 5.41) is 0. The molecule has 1 aromatic carbocycles. The number of halogens is 1. The highest BCUT2D eigenvalue weighted by Crippen LogP contribution is 2.10. The van der Waals surface area contributed by atoms with E-state index in [0.29, 0.717) is 6.61 Å². The first-order valence-corrected chi connectivity index (χ1v) is 3.71. The van der Waals surface area contributed by atoms with Crippen LogP contribution in [0.25, 0.3) is 0 Å². The molecule has 0 fully saturated rings. The highest BCUT2D eigenvalue weighted by Gasteiger charge is 1.91. The standard InChI is InChI=1S/C9H11FO.H3N/c1-2-7-11-9-5-3-8(10)4-6-9;/h3-6H,2,7H2,1H3;1H3. The van der Waals surface area contributed by atoms with Crippen LogP contribution in [0.15, 0.2) is 24.3 Å². The smallest absolute Gasteiger partial charge is 0.123 e. The SMILES string of the molecule is CCCOc1ccc(F)cc1.N. The van der Waals surface area contributed by atoms with Crippen molar-refractivity contribution in [3.8, 4) is 5.75 Å². The summed E-state index contributed by atoms with van der Waals surface area (Å²) < 4.78 is 17.6. The van der Waals surface area contributed by atoms with Crippen molar-refractivity contribution in [3.63, 3.8) is 0 Å². The Labute approximate surface area is 71.9 Å². The molecule has 0 amide bonds. The van der Waals surface area contributed by atoms with Crippen molar-refractivity contribution >= 4 is 0 Å². The zero-order valence-corrected chi connectivity index (χ0v) is 7.22. The van der Waals surface area contributed by atoms with E-state index in [1.54, 1.807) is 12.1 Å². The largest absolute Gasteiger partial charge is 0.494 e. The van der Waals surface area contributed by atoms with Crippen LogP contribution in [0.3, 0.4) is 0 Å². The molecule has 0 radical (unpaired) electrons. The third kappa shape index (κ3) is 3.34. The van der Waals surface area contributed by atoms with Gasteiger partial charge in [-0.25, -0.2) is 4.39 Å². The fourth-order valence-electron chi connectivity index (χ4n) is 0.751. The number of ether oxygens (including phenoxy) is 1. The van der Waals surface area contributed by atoms with Gasteiger partial charge in [-0.05, 0) is 30.7 Å². The van der Waals surface area contributed by atoms with Gasteiger partial charge in [0.15, 0.2) is 0 Å². The lowest BCUT2D eigenvalue weighted by atomic mass is 10.3. The van der Waals surface area contributed by atoms with Crippen LogP contribution in [-0.2, 0) is 0 Å². The zero-order valence-electron chi connectivity index (χ0n) is 7.22. The van der Waals surface area contributed by atoms with Gasteiger partial charge in [-0.2, -0.15) is 0 Å². The second-order valence-corrected chi connectivity index (χ2v) is 2.30. The van der Waals surface area contributed by atoms with Gasteiger partial charge in [0.05, 0.1) is 6.61 Å². The van der Waals surface area contributed by atoms with Crippen LogP contribution in [0, 0.1) is 5.82 Å². The molecule has 3 N–H and O–H groups in total. The van der Waals surface area contributed by atoms with Crippen LogP contribution in [-0.4, -0.2) is 6.61 Å². The molecule has 0 aliphatic rings. The molecule has 2 nitrogen and oxygen atoms in total. The van der Waals surface area contributed by atoms with E-state index in [9.17, 15) is 4.39 Å². The average molecular weight is 171 g/mol. The van der Waals surface area contributed by atoms with E-state index in [0.717, 1.165) is 12.2 Å². The lowest BCUT2D eigenvalue weighted by Crippen LogP contribution is -1.94. The Bertz CT molecular complexity index is 210. The molecule has 12 heavy (non-hydrogen) atoms. The van der Waals surface area contributed by atoms with Gasteiger partial charge >= 0.3 is 0 Å². The van der Waals surface area contributed by atoms with Crippen molar-refractivity contribution in [1.29, 1.82) is 0 Å². The Morgan fingerprint density at radius 2 is 1.83 bits per heavy atom. The van der Waals surface area contributed by atoms with Gasteiger partial charge in [-0.1, -0.05) is 6.92 Å². The molecule has 0 aliphatic heterocycles. The van der Waals surface area contributed by atoms with E-state index >= 15 is 0 Å². The highest BCUT2D eigenvalue weighted by atomic mass is 19.1. The van der Waals surface area contributed by atoms with E-state index in [-0.39, 0.29) is 12.0 Å². The zero-order chi connectivity index (χ0) is 8.10. The summed E-state index contributed by atoms with van der Waals surface area (Å²) in [7, 11) is 0. The molecule has 0 heterocycles. The summed E-state index contributed by atoms with van der Waals surface area (Å²) in [5.41, 5.74) is 0. The predicted octanol–water partition coefficient (Wildman–Crippen LogP) is 2.78. The minimum atomic E-state index is -0.228. The molecular weight excluding hydrogens is 157 g/mol. The van der Waals surface area contributed by atoms with E-state index in [4.69, 9.17) is 4.74 Å². The van der Waals surface area contributed by atoms with Crippen molar-refractivity contribution in [2.45, 2.75) is 13.3 Å². The van der Waals surface area contributed by atoms with E-state index in [1.807, 2.05) is 6.92 Å². The van der Waals surface area contributed by atoms with Gasteiger partial charge in [0.2, 0.25) is 0 Å². The molecule has 3 heteroatoms. The van der Waals surface area contributed by atoms with Crippen LogP contribution < -0.4 is 10.9 Å². The molecule has 0 bridgehead atoms. The summed E-state index contributed by atoms with van der Waals surface area (Å²) in [4.78, 5) is 0. The molecule has 0 saturated carbocycles. The maximum atomic E-state index is 12.4. The van der Waals surface area contributed by atoms with Crippen molar-refractivity contribution in [3.05, 3.63) is 30.1 Å². The van der Waals surface area contributed by atoms with Gasteiger partial charge in [0.1, 0.15) is 11.6 Å². The molecule has 0 atom stereocenters. The van der Waals surface area contributed by atoms with Gasteiger partial charge in [0, 0.05) is 0 Å².